The fourth-order valence-corrected chi connectivity index (χ4v) is 9.08. The number of sulfonamides is 1. The lowest BCUT2D eigenvalue weighted by Gasteiger charge is -2.36. The van der Waals surface area contributed by atoms with Crippen molar-refractivity contribution in [2.45, 2.75) is 67.4 Å². The van der Waals surface area contributed by atoms with Gasteiger partial charge >= 0.3 is 5.97 Å². The first kappa shape index (κ1) is 42.5. The van der Waals surface area contributed by atoms with Gasteiger partial charge in [0.2, 0.25) is 15.9 Å². The first-order valence-electron chi connectivity index (χ1n) is 19.5. The zero-order valence-corrected chi connectivity index (χ0v) is 34.4. The lowest BCUT2D eigenvalue weighted by molar-refractivity contribution is -0.245. The second-order valence-electron chi connectivity index (χ2n) is 14.5. The second-order valence-corrected chi connectivity index (χ2v) is 17.3. The monoisotopic (exact) mass is 843 g/mol. The van der Waals surface area contributed by atoms with Crippen LogP contribution in [0.5, 0.6) is 0 Å². The van der Waals surface area contributed by atoms with Crippen LogP contribution < -0.4 is 10.0 Å². The van der Waals surface area contributed by atoms with E-state index in [0.29, 0.717) is 17.2 Å². The van der Waals surface area contributed by atoms with Crippen molar-refractivity contribution in [3.63, 3.8) is 0 Å². The average molecular weight is 844 g/mol. The number of aryl methyl sites for hydroxylation is 1. The van der Waals surface area contributed by atoms with Crippen molar-refractivity contribution in [2.24, 2.45) is 0 Å². The van der Waals surface area contributed by atoms with Gasteiger partial charge in [0.15, 0.2) is 6.29 Å². The van der Waals surface area contributed by atoms with Crippen LogP contribution >= 0.6 is 11.8 Å². The Hall–Kier alpha value is -5.67. The van der Waals surface area contributed by atoms with E-state index in [-0.39, 0.29) is 42.2 Å². The molecule has 1 aliphatic rings. The van der Waals surface area contributed by atoms with Gasteiger partial charge in [-0.05, 0) is 77.1 Å². The molecule has 1 aromatic heterocycles. The normalized spacial score (nSPS) is 17.1. The van der Waals surface area contributed by atoms with Gasteiger partial charge in [-0.15, -0.1) is 11.8 Å². The molecule has 6 aromatic rings. The van der Waals surface area contributed by atoms with Crippen molar-refractivity contribution in [1.29, 1.82) is 0 Å². The summed E-state index contributed by atoms with van der Waals surface area (Å²) < 4.78 is 42.3. The van der Waals surface area contributed by atoms with E-state index in [1.165, 1.54) is 30.0 Å². The molecular weight excluding hydrogens is 799 g/mol. The number of aromatic nitrogens is 1. The Morgan fingerprint density at radius 3 is 2.23 bits per heavy atom. The Kier molecular flexibility index (Phi) is 13.9. The van der Waals surface area contributed by atoms with Gasteiger partial charge in [-0.2, -0.15) is 4.72 Å². The fraction of sp³-hybridized carbons (Fsp3) is 0.213. The van der Waals surface area contributed by atoms with E-state index < -0.39 is 34.2 Å². The number of aliphatic hydroxyl groups excluding tert-OH is 1. The van der Waals surface area contributed by atoms with Crippen molar-refractivity contribution in [2.75, 3.05) is 5.75 Å². The van der Waals surface area contributed by atoms with Crippen LogP contribution in [-0.2, 0) is 43.9 Å². The lowest BCUT2D eigenvalue weighted by atomic mass is 9.99. The molecule has 0 saturated carbocycles. The van der Waals surface area contributed by atoms with Gasteiger partial charge < -0.3 is 25.0 Å². The summed E-state index contributed by atoms with van der Waals surface area (Å²) in [7, 11) is -3.98. The third-order valence-corrected chi connectivity index (χ3v) is 12.8. The summed E-state index contributed by atoms with van der Waals surface area (Å²) in [5.41, 5.74) is 7.09. The predicted molar refractivity (Wildman–Crippen MR) is 230 cm³/mol. The molecule has 11 nitrogen and oxygen atoms in total. The molecule has 0 radical (unpaired) electrons. The zero-order valence-electron chi connectivity index (χ0n) is 32.8. The van der Waals surface area contributed by atoms with Gasteiger partial charge in [-0.3, -0.25) is 4.79 Å². The molecule has 0 spiro atoms. The van der Waals surface area contributed by atoms with E-state index in [0.717, 1.165) is 44.5 Å². The van der Waals surface area contributed by atoms with E-state index in [4.69, 9.17) is 9.47 Å². The molecule has 308 valence electrons. The molecule has 60 heavy (non-hydrogen) atoms. The SMILES string of the molecule is Cc1ccc(S(=O)(=O)N[C@H](Cc2ccccc2)C(=O)NCc2cccc(-c3ccc([C@H]4O[C@@H](CSc5ncccc5C(=O)O)C[C@@H](c5ccc(CO)cc5)O4)cc3)c2)cc1. The summed E-state index contributed by atoms with van der Waals surface area (Å²) in [6, 6.07) is 41.1. The Morgan fingerprint density at radius 1 is 0.800 bits per heavy atom. The smallest absolute Gasteiger partial charge is 0.338 e. The van der Waals surface area contributed by atoms with Gasteiger partial charge in [0.1, 0.15) is 11.1 Å². The van der Waals surface area contributed by atoms with Crippen LogP contribution in [0.2, 0.25) is 0 Å². The molecule has 0 bridgehead atoms. The van der Waals surface area contributed by atoms with E-state index in [2.05, 4.69) is 15.0 Å². The third kappa shape index (κ3) is 10.9. The van der Waals surface area contributed by atoms with E-state index in [1.807, 2.05) is 110 Å². The quantitative estimate of drug-likeness (QED) is 0.0708. The minimum Gasteiger partial charge on any atom is -0.478 e. The number of aromatic carboxylic acids is 1. The number of carboxylic acid groups (broad SMARTS) is 1. The molecule has 7 rings (SSSR count). The minimum absolute atomic E-state index is 0.0647. The number of rotatable bonds is 16. The van der Waals surface area contributed by atoms with Crippen LogP contribution in [0, 0.1) is 6.92 Å². The summed E-state index contributed by atoms with van der Waals surface area (Å²) in [5.74, 6) is -1.03. The second kappa shape index (κ2) is 19.6. The Morgan fingerprint density at radius 2 is 1.52 bits per heavy atom. The average Bonchev–Trinajstić information content (AvgIpc) is 3.28. The number of benzene rings is 5. The van der Waals surface area contributed by atoms with Crippen molar-refractivity contribution in [3.05, 3.63) is 185 Å². The number of carbonyl (C=O) groups excluding carboxylic acids is 1. The van der Waals surface area contributed by atoms with Gasteiger partial charge in [0, 0.05) is 30.5 Å². The fourth-order valence-electron chi connectivity index (χ4n) is 6.88. The van der Waals surface area contributed by atoms with Crippen molar-refractivity contribution in [3.8, 4) is 11.1 Å². The van der Waals surface area contributed by atoms with Crippen LogP contribution in [0.25, 0.3) is 11.1 Å². The number of hydrogen-bond donors (Lipinski definition) is 4. The summed E-state index contributed by atoms with van der Waals surface area (Å²) in [5, 5.41) is 22.6. The highest BCUT2D eigenvalue weighted by molar-refractivity contribution is 7.99. The number of nitrogens with one attached hydrogen (secondary N) is 2. The summed E-state index contributed by atoms with van der Waals surface area (Å²) >= 11 is 1.33. The highest BCUT2D eigenvalue weighted by Crippen LogP contribution is 2.40. The zero-order chi connectivity index (χ0) is 42.1. The van der Waals surface area contributed by atoms with Crippen LogP contribution in [-0.4, -0.2) is 53.4 Å². The molecule has 4 N–H and O–H groups in total. The molecule has 1 saturated heterocycles. The first-order chi connectivity index (χ1) is 29.0. The minimum atomic E-state index is -3.98. The highest BCUT2D eigenvalue weighted by atomic mass is 32.2. The summed E-state index contributed by atoms with van der Waals surface area (Å²) in [6.07, 6.45) is 0.954. The van der Waals surface area contributed by atoms with Gasteiger partial charge in [-0.25, -0.2) is 18.2 Å². The Labute approximate surface area is 353 Å². The van der Waals surface area contributed by atoms with Crippen LogP contribution in [0.3, 0.4) is 0 Å². The van der Waals surface area contributed by atoms with E-state index in [9.17, 15) is 28.2 Å². The largest absolute Gasteiger partial charge is 0.478 e. The standard InChI is InChI=1S/C47H45N3O8S2/c1-31-12-22-40(23-13-31)60(55,56)50-42(26-32-7-3-2-4-8-32)44(52)49-28-34-9-5-10-38(25-34)35-18-20-37(21-19-35)47-57-39(30-59-45-41(46(53)54)11-6-24-48-45)27-43(58-47)36-16-14-33(29-51)15-17-36/h2-25,39,42-43,47,50-51H,26-30H2,1H3,(H,49,52)(H,53,54)/t39-,42-,43+,47+/m1/s1. The number of thioether (sulfide) groups is 1. The van der Waals surface area contributed by atoms with Crippen molar-refractivity contribution >= 4 is 33.7 Å². The lowest BCUT2D eigenvalue weighted by Crippen LogP contribution is -2.47. The van der Waals surface area contributed by atoms with E-state index >= 15 is 0 Å². The van der Waals surface area contributed by atoms with Gasteiger partial charge in [0.05, 0.1) is 29.3 Å². The van der Waals surface area contributed by atoms with Crippen LogP contribution in [0.4, 0.5) is 0 Å². The molecular formula is C47H45N3O8S2. The van der Waals surface area contributed by atoms with Gasteiger partial charge in [-0.1, -0.05) is 115 Å². The summed E-state index contributed by atoms with van der Waals surface area (Å²) in [6.45, 7) is 1.99. The number of nitrogens with zero attached hydrogens (tertiary/aromatic N) is 1. The molecule has 5 aromatic carbocycles. The molecule has 1 aliphatic heterocycles. The van der Waals surface area contributed by atoms with Crippen LogP contribution in [0.1, 0.15) is 62.6 Å². The number of hydrogen-bond acceptors (Lipinski definition) is 9. The van der Waals surface area contributed by atoms with Crippen molar-refractivity contribution < 1.29 is 37.7 Å². The Balaban J connectivity index is 1.04. The van der Waals surface area contributed by atoms with Crippen LogP contribution in [0.15, 0.2) is 156 Å². The maximum absolute atomic E-state index is 13.6. The maximum Gasteiger partial charge on any atom is 0.338 e. The highest BCUT2D eigenvalue weighted by Gasteiger charge is 2.33. The number of carbonyl (C=O) groups is 2. The molecule has 1 fully saturated rings. The number of amides is 1. The number of aliphatic hydroxyl groups is 1. The molecule has 0 unspecified atom stereocenters. The number of ether oxygens (including phenoxy) is 2. The Bertz CT molecular complexity index is 2500. The number of pyridine rings is 1. The maximum atomic E-state index is 13.6. The third-order valence-electron chi connectivity index (χ3n) is 10.2. The molecule has 1 amide bonds. The summed E-state index contributed by atoms with van der Waals surface area (Å²) in [4.78, 5) is 29.8. The predicted octanol–water partition coefficient (Wildman–Crippen LogP) is 7.79. The molecule has 4 atom stereocenters. The van der Waals surface area contributed by atoms with Crippen molar-refractivity contribution in [1.82, 2.24) is 15.0 Å². The molecule has 0 aliphatic carbocycles. The molecule has 2 heterocycles. The van der Waals surface area contributed by atoms with E-state index in [1.54, 1.807) is 24.4 Å². The van der Waals surface area contributed by atoms with Gasteiger partial charge in [0.25, 0.3) is 0 Å². The molecule has 13 heteroatoms. The topological polar surface area (TPSA) is 164 Å². The number of carboxylic acids is 1. The first-order valence-corrected chi connectivity index (χ1v) is 21.9.